The summed E-state index contributed by atoms with van der Waals surface area (Å²) in [6.07, 6.45) is 0. The molecule has 254 valence electrons. The van der Waals surface area contributed by atoms with E-state index in [0.717, 1.165) is 11.4 Å². The molecule has 0 N–H and O–H groups in total. The molecule has 10 aromatic rings. The van der Waals surface area contributed by atoms with Gasteiger partial charge in [0.25, 0.3) is 0 Å². The van der Waals surface area contributed by atoms with Gasteiger partial charge in [-0.05, 0) is 91.7 Å². The third-order valence-electron chi connectivity index (χ3n) is 10.5. The Bertz CT molecular complexity index is 2920. The molecule has 9 aromatic carbocycles. The standard InChI is InChI=1S/C52H35NS/c1-3-14-37(15-4-1)46-33-32-43(35-49(46)39-16-5-2-6-17-39)53(50-26-13-25-48-47-23-9-10-27-51(47)54-52(48)50)42-21-11-20-41(34-42)36-28-30-40(31-29-36)45-24-12-19-38-18-7-8-22-44(38)45/h1-35H. The van der Waals surface area contributed by atoms with Crippen molar-refractivity contribution in [2.75, 3.05) is 4.90 Å². The first-order valence-corrected chi connectivity index (χ1v) is 19.2. The summed E-state index contributed by atoms with van der Waals surface area (Å²) in [7, 11) is 0. The van der Waals surface area contributed by atoms with Crippen LogP contribution in [-0.2, 0) is 0 Å². The second-order valence-electron chi connectivity index (χ2n) is 13.7. The van der Waals surface area contributed by atoms with Crippen LogP contribution in [0.3, 0.4) is 0 Å². The second-order valence-corrected chi connectivity index (χ2v) is 14.8. The quantitative estimate of drug-likeness (QED) is 0.160. The number of fused-ring (bicyclic) bond motifs is 4. The van der Waals surface area contributed by atoms with Gasteiger partial charge in [-0.25, -0.2) is 0 Å². The lowest BCUT2D eigenvalue weighted by Crippen LogP contribution is -2.10. The van der Waals surface area contributed by atoms with Crippen LogP contribution in [0.2, 0.25) is 0 Å². The molecule has 0 aliphatic heterocycles. The average molecular weight is 706 g/mol. The first-order valence-electron chi connectivity index (χ1n) is 18.4. The van der Waals surface area contributed by atoms with Crippen molar-refractivity contribution in [2.24, 2.45) is 0 Å². The van der Waals surface area contributed by atoms with E-state index in [9.17, 15) is 0 Å². The van der Waals surface area contributed by atoms with Gasteiger partial charge in [-0.1, -0.05) is 176 Å². The largest absolute Gasteiger partial charge is 0.309 e. The van der Waals surface area contributed by atoms with E-state index in [2.05, 4.69) is 217 Å². The van der Waals surface area contributed by atoms with Crippen molar-refractivity contribution in [1.29, 1.82) is 0 Å². The van der Waals surface area contributed by atoms with Gasteiger partial charge >= 0.3 is 0 Å². The maximum atomic E-state index is 2.45. The number of hydrogen-bond acceptors (Lipinski definition) is 2. The Morgan fingerprint density at radius 1 is 0.315 bits per heavy atom. The van der Waals surface area contributed by atoms with E-state index in [1.807, 2.05) is 11.3 Å². The summed E-state index contributed by atoms with van der Waals surface area (Å²) in [6, 6.07) is 77.1. The lowest BCUT2D eigenvalue weighted by molar-refractivity contribution is 1.30. The second kappa shape index (κ2) is 13.7. The normalized spacial score (nSPS) is 11.3. The van der Waals surface area contributed by atoms with Crippen LogP contribution in [0, 0.1) is 0 Å². The van der Waals surface area contributed by atoms with Gasteiger partial charge in [0.15, 0.2) is 0 Å². The van der Waals surface area contributed by atoms with Crippen LogP contribution in [0.1, 0.15) is 0 Å². The summed E-state index contributed by atoms with van der Waals surface area (Å²) in [6.45, 7) is 0. The number of hydrogen-bond donors (Lipinski definition) is 0. The van der Waals surface area contributed by atoms with Crippen LogP contribution in [0.25, 0.3) is 75.5 Å². The Morgan fingerprint density at radius 2 is 0.889 bits per heavy atom. The van der Waals surface area contributed by atoms with Crippen molar-refractivity contribution in [3.8, 4) is 44.5 Å². The smallest absolute Gasteiger partial charge is 0.0640 e. The van der Waals surface area contributed by atoms with E-state index in [0.29, 0.717) is 0 Å². The van der Waals surface area contributed by atoms with Crippen molar-refractivity contribution in [3.05, 3.63) is 212 Å². The maximum absolute atomic E-state index is 2.45. The lowest BCUT2D eigenvalue weighted by Gasteiger charge is -2.28. The highest BCUT2D eigenvalue weighted by Crippen LogP contribution is 2.47. The molecule has 10 rings (SSSR count). The average Bonchev–Trinajstić information content (AvgIpc) is 3.64. The summed E-state index contributed by atoms with van der Waals surface area (Å²) < 4.78 is 2.57. The van der Waals surface area contributed by atoms with E-state index >= 15 is 0 Å². The van der Waals surface area contributed by atoms with Crippen LogP contribution in [0.4, 0.5) is 17.1 Å². The van der Waals surface area contributed by atoms with Gasteiger partial charge in [-0.3, -0.25) is 0 Å². The molecule has 2 heteroatoms. The molecule has 54 heavy (non-hydrogen) atoms. The molecule has 0 aliphatic rings. The molecule has 1 nitrogen and oxygen atoms in total. The number of nitrogens with zero attached hydrogens (tertiary/aromatic N) is 1. The van der Waals surface area contributed by atoms with E-state index < -0.39 is 0 Å². The Hall–Kier alpha value is -6.74. The monoisotopic (exact) mass is 705 g/mol. The molecular weight excluding hydrogens is 671 g/mol. The van der Waals surface area contributed by atoms with E-state index in [1.54, 1.807) is 0 Å². The zero-order valence-corrected chi connectivity index (χ0v) is 30.4. The maximum Gasteiger partial charge on any atom is 0.0640 e. The summed E-state index contributed by atoms with van der Waals surface area (Å²) in [5, 5.41) is 5.10. The van der Waals surface area contributed by atoms with Crippen LogP contribution in [0.15, 0.2) is 212 Å². The Morgan fingerprint density at radius 3 is 1.70 bits per heavy atom. The van der Waals surface area contributed by atoms with Crippen molar-refractivity contribution in [3.63, 3.8) is 0 Å². The highest BCUT2D eigenvalue weighted by molar-refractivity contribution is 7.26. The number of thiophene rings is 1. The van der Waals surface area contributed by atoms with Crippen molar-refractivity contribution < 1.29 is 0 Å². The zero-order valence-electron chi connectivity index (χ0n) is 29.6. The van der Waals surface area contributed by atoms with E-state index in [4.69, 9.17) is 0 Å². The highest BCUT2D eigenvalue weighted by atomic mass is 32.1. The van der Waals surface area contributed by atoms with Crippen molar-refractivity contribution in [2.45, 2.75) is 0 Å². The van der Waals surface area contributed by atoms with Crippen LogP contribution >= 0.6 is 11.3 Å². The first-order chi connectivity index (χ1) is 26.8. The molecule has 0 radical (unpaired) electrons. The van der Waals surface area contributed by atoms with Gasteiger partial charge in [-0.2, -0.15) is 0 Å². The fourth-order valence-electron chi connectivity index (χ4n) is 7.88. The molecule has 0 atom stereocenters. The van der Waals surface area contributed by atoms with Gasteiger partial charge < -0.3 is 4.90 Å². The first kappa shape index (κ1) is 32.0. The molecule has 0 bridgehead atoms. The summed E-state index contributed by atoms with van der Waals surface area (Å²) >= 11 is 1.87. The fourth-order valence-corrected chi connectivity index (χ4v) is 9.08. The highest BCUT2D eigenvalue weighted by Gasteiger charge is 2.20. The lowest BCUT2D eigenvalue weighted by atomic mass is 9.93. The zero-order chi connectivity index (χ0) is 35.8. The number of rotatable bonds is 7. The number of benzene rings is 9. The Kier molecular flexibility index (Phi) is 8.09. The summed E-state index contributed by atoms with van der Waals surface area (Å²) in [5.74, 6) is 0. The van der Waals surface area contributed by atoms with Gasteiger partial charge in [0.1, 0.15) is 0 Å². The molecule has 1 heterocycles. The van der Waals surface area contributed by atoms with E-state index in [-0.39, 0.29) is 0 Å². The van der Waals surface area contributed by atoms with Gasteiger partial charge in [-0.15, -0.1) is 11.3 Å². The predicted octanol–water partition coefficient (Wildman–Crippen LogP) is 15.3. The molecule has 0 spiro atoms. The molecule has 0 saturated carbocycles. The van der Waals surface area contributed by atoms with Crippen molar-refractivity contribution in [1.82, 2.24) is 0 Å². The van der Waals surface area contributed by atoms with E-state index in [1.165, 1.54) is 81.1 Å². The number of anilines is 3. The fraction of sp³-hybridized carbons (Fsp3) is 0. The summed E-state index contributed by atoms with van der Waals surface area (Å²) in [5.41, 5.74) is 13.0. The molecule has 0 unspecified atom stereocenters. The van der Waals surface area contributed by atoms with Gasteiger partial charge in [0, 0.05) is 26.8 Å². The van der Waals surface area contributed by atoms with Crippen LogP contribution in [0.5, 0.6) is 0 Å². The molecule has 0 fully saturated rings. The molecule has 0 amide bonds. The molecule has 1 aromatic heterocycles. The Balaban J connectivity index is 1.14. The minimum atomic E-state index is 1.11. The molecular formula is C52H35NS. The van der Waals surface area contributed by atoms with Crippen LogP contribution < -0.4 is 4.90 Å². The SMILES string of the molecule is c1ccc(-c2ccc(N(c3cccc(-c4ccc(-c5cccc6ccccc56)cc4)c3)c3cccc4c3sc3ccccc34)cc2-c2ccccc2)cc1. The Labute approximate surface area is 319 Å². The molecule has 0 aliphatic carbocycles. The van der Waals surface area contributed by atoms with Gasteiger partial charge in [0.2, 0.25) is 0 Å². The topological polar surface area (TPSA) is 3.24 Å². The van der Waals surface area contributed by atoms with Crippen LogP contribution in [-0.4, -0.2) is 0 Å². The predicted molar refractivity (Wildman–Crippen MR) is 233 cm³/mol. The van der Waals surface area contributed by atoms with Gasteiger partial charge in [0.05, 0.1) is 10.4 Å². The minimum absolute atomic E-state index is 1.11. The minimum Gasteiger partial charge on any atom is -0.309 e. The third-order valence-corrected chi connectivity index (χ3v) is 11.7. The molecule has 0 saturated heterocycles. The third kappa shape index (κ3) is 5.74. The summed E-state index contributed by atoms with van der Waals surface area (Å²) in [4.78, 5) is 2.45. The van der Waals surface area contributed by atoms with Crippen molar-refractivity contribution >= 4 is 59.3 Å².